The molecule has 0 saturated carbocycles. The summed E-state index contributed by atoms with van der Waals surface area (Å²) in [5.74, 6) is -0.769. The summed E-state index contributed by atoms with van der Waals surface area (Å²) in [6.07, 6.45) is 0. The molecule has 5 aromatic rings. The van der Waals surface area contributed by atoms with E-state index in [2.05, 4.69) is 0 Å². The lowest BCUT2D eigenvalue weighted by Crippen LogP contribution is -2.39. The molecule has 0 aliphatic carbocycles. The first-order valence-electron chi connectivity index (χ1n) is 17.3. The Hall–Kier alpha value is -4.94. The molecule has 0 atom stereocenters. The Morgan fingerprint density at radius 1 is 0.698 bits per heavy atom. The molecule has 0 aliphatic rings. The molecule has 0 amide bonds. The van der Waals surface area contributed by atoms with Gasteiger partial charge in [-0.05, 0) is 64.3 Å². The molecule has 280 valence electrons. The third kappa shape index (κ3) is 8.82. The molecule has 12 heteroatoms. The van der Waals surface area contributed by atoms with Crippen molar-refractivity contribution in [1.29, 1.82) is 0 Å². The predicted molar refractivity (Wildman–Crippen MR) is 207 cm³/mol. The normalized spacial score (nSPS) is 12.4. The van der Waals surface area contributed by atoms with E-state index in [1.807, 2.05) is 90.9 Å². The van der Waals surface area contributed by atoms with Gasteiger partial charge in [0.2, 0.25) is 5.88 Å². The highest BCUT2D eigenvalue weighted by atomic mass is 32.3. The number of hydrogen-bond acceptors (Lipinski definition) is 8. The molecule has 0 spiro atoms. The number of sulfonamides is 2. The van der Waals surface area contributed by atoms with Gasteiger partial charge in [-0.2, -0.15) is 16.8 Å². The molecule has 0 bridgehead atoms. The predicted octanol–water partition coefficient (Wildman–Crippen LogP) is 8.03. The van der Waals surface area contributed by atoms with E-state index in [4.69, 9.17) is 14.6 Å². The van der Waals surface area contributed by atoms with E-state index in [0.717, 1.165) is 22.3 Å². The largest absolute Gasteiger partial charge is 0.472 e. The van der Waals surface area contributed by atoms with Crippen LogP contribution in [0.25, 0.3) is 11.1 Å². The average molecular weight is 758 g/mol. The number of benzene rings is 4. The summed E-state index contributed by atoms with van der Waals surface area (Å²) in [5, 5.41) is 4.73. The molecule has 0 unspecified atom stereocenters. The van der Waals surface area contributed by atoms with Crippen molar-refractivity contribution in [3.8, 4) is 17.0 Å². The van der Waals surface area contributed by atoms with Crippen LogP contribution in [0.1, 0.15) is 70.7 Å². The molecule has 0 radical (unpaired) electrons. The number of anilines is 1. The number of aryl methyl sites for hydroxylation is 1. The third-order valence-electron chi connectivity index (χ3n) is 8.68. The lowest BCUT2D eigenvalue weighted by atomic mass is 9.87. The Morgan fingerprint density at radius 3 is 1.64 bits per heavy atom. The summed E-state index contributed by atoms with van der Waals surface area (Å²) in [6, 6.07) is 28.9. The zero-order valence-electron chi connectivity index (χ0n) is 31.5. The van der Waals surface area contributed by atoms with Crippen molar-refractivity contribution in [2.75, 3.05) is 16.9 Å². The van der Waals surface area contributed by atoms with E-state index >= 15 is 16.8 Å². The summed E-state index contributed by atoms with van der Waals surface area (Å²) in [7, 11) is -9.76. The number of aromatic nitrogens is 2. The molecule has 10 nitrogen and oxygen atoms in total. The van der Waals surface area contributed by atoms with Crippen LogP contribution >= 0.6 is 0 Å². The zero-order chi connectivity index (χ0) is 38.8. The molecule has 1 aromatic heterocycles. The van der Waals surface area contributed by atoms with Crippen LogP contribution in [0.5, 0.6) is 5.88 Å². The van der Waals surface area contributed by atoms with Gasteiger partial charge in [0.15, 0.2) is 5.82 Å². The van der Waals surface area contributed by atoms with Gasteiger partial charge in [-0.1, -0.05) is 126 Å². The smallest absolute Gasteiger partial charge is 0.302 e. The molecule has 0 N–H and O–H groups in total. The molecule has 53 heavy (non-hydrogen) atoms. The summed E-state index contributed by atoms with van der Waals surface area (Å²) in [5.41, 5.74) is 3.45. The van der Waals surface area contributed by atoms with Crippen LogP contribution in [-0.2, 0) is 47.0 Å². The second kappa shape index (κ2) is 15.2. The van der Waals surface area contributed by atoms with Crippen molar-refractivity contribution in [2.24, 2.45) is 0 Å². The minimum Gasteiger partial charge on any atom is -0.472 e. The van der Waals surface area contributed by atoms with E-state index in [0.29, 0.717) is 9.27 Å². The van der Waals surface area contributed by atoms with Crippen LogP contribution in [0.2, 0.25) is 0 Å². The standard InChI is InChI=1S/C41H47N3O7S2/c1-29-14-16-32(17-15-29)37-38(51-27-26-50-30(2)45)42-43(28-31-12-10-9-11-13-31)39(37)44(52(46,47)35-22-18-33(19-23-35)40(3,4)5)53(48,49)36-24-20-34(21-25-36)41(6,7)8/h9-25H,26-28H2,1-8H3. The Balaban J connectivity index is 1.85. The first-order chi connectivity index (χ1) is 24.8. The van der Waals surface area contributed by atoms with Gasteiger partial charge < -0.3 is 9.47 Å². The minimum atomic E-state index is -4.88. The molecular formula is C41H47N3O7S2. The van der Waals surface area contributed by atoms with Crippen molar-refractivity contribution >= 4 is 31.8 Å². The van der Waals surface area contributed by atoms with Gasteiger partial charge in [0, 0.05) is 6.92 Å². The van der Waals surface area contributed by atoms with Crippen LogP contribution in [0.4, 0.5) is 5.82 Å². The fourth-order valence-electron chi connectivity index (χ4n) is 5.68. The van der Waals surface area contributed by atoms with Gasteiger partial charge in [-0.15, -0.1) is 8.81 Å². The Labute approximate surface area is 313 Å². The highest BCUT2D eigenvalue weighted by Crippen LogP contribution is 2.44. The molecule has 0 aliphatic heterocycles. The maximum Gasteiger partial charge on any atom is 0.302 e. The SMILES string of the molecule is CC(=O)OCCOc1nn(Cc2ccccc2)c(N(S(=O)(=O)c2ccc(C(C)(C)C)cc2)S(=O)(=O)c2ccc(C(C)(C)C)cc2)c1-c1ccc(C)cc1. The van der Waals surface area contributed by atoms with Crippen molar-refractivity contribution < 1.29 is 31.1 Å². The first-order valence-corrected chi connectivity index (χ1v) is 20.2. The molecule has 4 aromatic carbocycles. The van der Waals surface area contributed by atoms with Crippen LogP contribution < -0.4 is 8.45 Å². The number of rotatable bonds is 12. The highest BCUT2D eigenvalue weighted by Gasteiger charge is 2.43. The summed E-state index contributed by atoms with van der Waals surface area (Å²) < 4.78 is 73.6. The second-order valence-corrected chi connectivity index (χ2v) is 18.8. The Morgan fingerprint density at radius 2 is 1.19 bits per heavy atom. The number of hydrogen-bond donors (Lipinski definition) is 0. The Bertz CT molecular complexity index is 2180. The summed E-state index contributed by atoms with van der Waals surface area (Å²) >= 11 is 0. The van der Waals surface area contributed by atoms with Crippen LogP contribution in [0.3, 0.4) is 0 Å². The van der Waals surface area contributed by atoms with Crippen molar-refractivity contribution in [1.82, 2.24) is 9.78 Å². The lowest BCUT2D eigenvalue weighted by Gasteiger charge is -2.27. The molecule has 1 heterocycles. The topological polar surface area (TPSA) is 125 Å². The molecular weight excluding hydrogens is 711 g/mol. The quantitative estimate of drug-likeness (QED) is 0.0926. The monoisotopic (exact) mass is 757 g/mol. The molecule has 5 rings (SSSR count). The number of carbonyl (C=O) groups is 1. The number of carbonyl (C=O) groups excluding carboxylic acids is 1. The van der Waals surface area contributed by atoms with Crippen LogP contribution in [0.15, 0.2) is 113 Å². The van der Waals surface area contributed by atoms with E-state index in [1.54, 1.807) is 36.4 Å². The Kier molecular flexibility index (Phi) is 11.3. The van der Waals surface area contributed by atoms with Crippen molar-refractivity contribution in [3.05, 3.63) is 125 Å². The van der Waals surface area contributed by atoms with Gasteiger partial charge in [-0.25, -0.2) is 4.68 Å². The number of esters is 1. The van der Waals surface area contributed by atoms with E-state index in [-0.39, 0.29) is 57.6 Å². The van der Waals surface area contributed by atoms with Gasteiger partial charge in [0.25, 0.3) is 20.0 Å². The molecule has 0 saturated heterocycles. The van der Waals surface area contributed by atoms with Gasteiger partial charge in [0.05, 0.1) is 21.9 Å². The minimum absolute atomic E-state index is 0.00416. The average Bonchev–Trinajstić information content (AvgIpc) is 3.42. The number of ether oxygens (including phenoxy) is 2. The summed E-state index contributed by atoms with van der Waals surface area (Å²) in [6.45, 7) is 15.0. The van der Waals surface area contributed by atoms with Crippen molar-refractivity contribution in [3.63, 3.8) is 0 Å². The zero-order valence-corrected chi connectivity index (χ0v) is 33.1. The maximum atomic E-state index is 15.1. The highest BCUT2D eigenvalue weighted by molar-refractivity contribution is 8.10. The van der Waals surface area contributed by atoms with E-state index in [1.165, 1.54) is 35.9 Å². The fourth-order valence-corrected chi connectivity index (χ4v) is 9.40. The second-order valence-electron chi connectivity index (χ2n) is 15.0. The molecule has 0 fully saturated rings. The fraction of sp³-hybridized carbons (Fsp3) is 0.317. The summed E-state index contributed by atoms with van der Waals surface area (Å²) in [4.78, 5) is 11.1. The van der Waals surface area contributed by atoms with Gasteiger partial charge >= 0.3 is 5.97 Å². The third-order valence-corrected chi connectivity index (χ3v) is 12.8. The lowest BCUT2D eigenvalue weighted by molar-refractivity contribution is -0.141. The van der Waals surface area contributed by atoms with Crippen LogP contribution in [0, 0.1) is 6.92 Å². The van der Waals surface area contributed by atoms with E-state index < -0.39 is 26.0 Å². The maximum absolute atomic E-state index is 15.1. The van der Waals surface area contributed by atoms with Gasteiger partial charge in [0.1, 0.15) is 13.2 Å². The van der Waals surface area contributed by atoms with Crippen molar-refractivity contribution in [2.45, 2.75) is 82.6 Å². The number of nitrogens with zero attached hydrogens (tertiary/aromatic N) is 3. The van der Waals surface area contributed by atoms with Crippen LogP contribution in [-0.4, -0.2) is 45.8 Å². The van der Waals surface area contributed by atoms with Gasteiger partial charge in [-0.3, -0.25) is 4.79 Å². The first kappa shape index (κ1) is 39.3. The van der Waals surface area contributed by atoms with E-state index in [9.17, 15) is 4.79 Å².